The van der Waals surface area contributed by atoms with E-state index in [2.05, 4.69) is 15.5 Å². The van der Waals surface area contributed by atoms with Crippen molar-refractivity contribution in [1.29, 1.82) is 0 Å². The summed E-state index contributed by atoms with van der Waals surface area (Å²) in [4.78, 5) is 18.7. The normalized spacial score (nSPS) is 18.5. The van der Waals surface area contributed by atoms with Crippen LogP contribution in [0.15, 0.2) is 34.9 Å². The zero-order valence-corrected chi connectivity index (χ0v) is 14.5. The molecule has 0 radical (unpaired) electrons. The quantitative estimate of drug-likeness (QED) is 0.917. The smallest absolute Gasteiger partial charge is 0.317 e. The summed E-state index contributed by atoms with van der Waals surface area (Å²) < 4.78 is 5.47. The van der Waals surface area contributed by atoms with Crippen LogP contribution in [0, 0.1) is 0 Å². The minimum Gasteiger partial charge on any atom is -0.339 e. The maximum atomic E-state index is 12.4. The van der Waals surface area contributed by atoms with Gasteiger partial charge in [-0.2, -0.15) is 4.98 Å². The van der Waals surface area contributed by atoms with Crippen LogP contribution in [0.25, 0.3) is 11.4 Å². The van der Waals surface area contributed by atoms with E-state index in [9.17, 15) is 4.79 Å². The van der Waals surface area contributed by atoms with Crippen LogP contribution in [0.5, 0.6) is 0 Å². The molecule has 1 N–H and O–H groups in total. The first-order chi connectivity index (χ1) is 11.4. The summed E-state index contributed by atoms with van der Waals surface area (Å²) in [5.74, 6) is 1.30. The van der Waals surface area contributed by atoms with Crippen LogP contribution in [0.2, 0.25) is 0 Å². The topological polar surface area (TPSA) is 71.3 Å². The van der Waals surface area contributed by atoms with E-state index in [0.717, 1.165) is 24.9 Å². The van der Waals surface area contributed by atoms with E-state index in [0.29, 0.717) is 18.3 Å². The lowest BCUT2D eigenvalue weighted by Gasteiger charge is -2.33. The van der Waals surface area contributed by atoms with Crippen LogP contribution in [0.3, 0.4) is 0 Å². The van der Waals surface area contributed by atoms with Gasteiger partial charge in [-0.05, 0) is 33.6 Å². The van der Waals surface area contributed by atoms with Gasteiger partial charge in [-0.3, -0.25) is 0 Å². The molecular weight excluding hydrogens is 304 g/mol. The fourth-order valence-electron chi connectivity index (χ4n) is 2.87. The molecule has 1 saturated heterocycles. The molecule has 6 nitrogen and oxygen atoms in total. The second-order valence-corrected chi connectivity index (χ2v) is 7.29. The van der Waals surface area contributed by atoms with Gasteiger partial charge in [0.15, 0.2) is 0 Å². The second-order valence-electron chi connectivity index (χ2n) is 7.29. The third kappa shape index (κ3) is 3.93. The fraction of sp³-hybridized carbons (Fsp3) is 0.500. The molecule has 1 aromatic heterocycles. The predicted molar refractivity (Wildman–Crippen MR) is 91.6 cm³/mol. The molecule has 2 heterocycles. The van der Waals surface area contributed by atoms with Gasteiger partial charge >= 0.3 is 6.03 Å². The zero-order chi connectivity index (χ0) is 17.2. The van der Waals surface area contributed by atoms with Crippen molar-refractivity contribution in [3.63, 3.8) is 0 Å². The molecule has 1 aliphatic heterocycles. The second kappa shape index (κ2) is 6.63. The summed E-state index contributed by atoms with van der Waals surface area (Å²) in [6, 6.07) is 9.74. The number of rotatable bonds is 2. The standard InChI is InChI=1S/C18H24N4O2/c1-18(2,3)20-17(23)22-11-7-10-14(12-22)16-19-15(21-24-16)13-8-5-4-6-9-13/h4-6,8-9,14H,7,10-12H2,1-3H3,(H,20,23). The predicted octanol–water partition coefficient (Wildman–Crippen LogP) is 3.42. The van der Waals surface area contributed by atoms with Crippen LogP contribution in [0.4, 0.5) is 4.79 Å². The molecule has 1 aliphatic rings. The molecule has 6 heteroatoms. The first-order valence-corrected chi connectivity index (χ1v) is 8.38. The van der Waals surface area contributed by atoms with E-state index in [1.54, 1.807) is 0 Å². The average Bonchev–Trinajstić information content (AvgIpc) is 3.04. The van der Waals surface area contributed by atoms with Gasteiger partial charge in [0.1, 0.15) is 0 Å². The van der Waals surface area contributed by atoms with E-state index in [1.165, 1.54) is 0 Å². The minimum absolute atomic E-state index is 0.0324. The van der Waals surface area contributed by atoms with Crippen molar-refractivity contribution in [3.05, 3.63) is 36.2 Å². The van der Waals surface area contributed by atoms with E-state index >= 15 is 0 Å². The van der Waals surface area contributed by atoms with Gasteiger partial charge in [-0.1, -0.05) is 35.5 Å². The Labute approximate surface area is 142 Å². The number of hydrogen-bond acceptors (Lipinski definition) is 4. The van der Waals surface area contributed by atoms with Crippen LogP contribution >= 0.6 is 0 Å². The van der Waals surface area contributed by atoms with Crippen molar-refractivity contribution in [1.82, 2.24) is 20.4 Å². The first-order valence-electron chi connectivity index (χ1n) is 8.38. The molecule has 3 rings (SSSR count). The molecule has 0 aliphatic carbocycles. The van der Waals surface area contributed by atoms with Crippen LogP contribution in [-0.4, -0.2) is 39.7 Å². The van der Waals surface area contributed by atoms with E-state index in [1.807, 2.05) is 56.0 Å². The Kier molecular flexibility index (Phi) is 4.55. The first kappa shape index (κ1) is 16.5. The number of benzene rings is 1. The van der Waals surface area contributed by atoms with E-state index in [-0.39, 0.29) is 17.5 Å². The van der Waals surface area contributed by atoms with Crippen LogP contribution in [-0.2, 0) is 0 Å². The van der Waals surface area contributed by atoms with Crippen molar-refractivity contribution in [2.24, 2.45) is 0 Å². The molecule has 2 aromatic rings. The molecule has 0 saturated carbocycles. The number of piperidine rings is 1. The number of hydrogen-bond donors (Lipinski definition) is 1. The lowest BCUT2D eigenvalue weighted by atomic mass is 9.98. The number of amides is 2. The highest BCUT2D eigenvalue weighted by molar-refractivity contribution is 5.75. The lowest BCUT2D eigenvalue weighted by molar-refractivity contribution is 0.164. The Morgan fingerprint density at radius 1 is 1.29 bits per heavy atom. The Bertz CT molecular complexity index is 691. The molecule has 1 aromatic carbocycles. The summed E-state index contributed by atoms with van der Waals surface area (Å²) in [6.07, 6.45) is 1.89. The minimum atomic E-state index is -0.241. The number of urea groups is 1. The molecule has 0 bridgehead atoms. The largest absolute Gasteiger partial charge is 0.339 e. The highest BCUT2D eigenvalue weighted by Gasteiger charge is 2.30. The number of carbonyl (C=O) groups excluding carboxylic acids is 1. The monoisotopic (exact) mass is 328 g/mol. The lowest BCUT2D eigenvalue weighted by Crippen LogP contribution is -2.51. The molecular formula is C18H24N4O2. The summed E-state index contributed by atoms with van der Waals surface area (Å²) in [5, 5.41) is 7.10. The summed E-state index contributed by atoms with van der Waals surface area (Å²) >= 11 is 0. The molecule has 2 amide bonds. The van der Waals surface area contributed by atoms with Crippen LogP contribution < -0.4 is 5.32 Å². The van der Waals surface area contributed by atoms with Crippen molar-refractivity contribution >= 4 is 6.03 Å². The zero-order valence-electron chi connectivity index (χ0n) is 14.5. The van der Waals surface area contributed by atoms with Gasteiger partial charge in [0.25, 0.3) is 0 Å². The molecule has 24 heavy (non-hydrogen) atoms. The Morgan fingerprint density at radius 3 is 2.75 bits per heavy atom. The molecule has 1 unspecified atom stereocenters. The van der Waals surface area contributed by atoms with Gasteiger partial charge in [0, 0.05) is 24.2 Å². The van der Waals surface area contributed by atoms with E-state index in [4.69, 9.17) is 4.52 Å². The maximum Gasteiger partial charge on any atom is 0.317 e. The molecule has 1 atom stereocenters. The number of carbonyl (C=O) groups is 1. The van der Waals surface area contributed by atoms with Crippen LogP contribution in [0.1, 0.15) is 45.4 Å². The summed E-state index contributed by atoms with van der Waals surface area (Å²) in [6.45, 7) is 7.32. The van der Waals surface area contributed by atoms with Crippen molar-refractivity contribution in [2.75, 3.05) is 13.1 Å². The average molecular weight is 328 g/mol. The number of nitrogens with zero attached hydrogens (tertiary/aromatic N) is 3. The van der Waals surface area contributed by atoms with Crippen molar-refractivity contribution < 1.29 is 9.32 Å². The third-order valence-electron chi connectivity index (χ3n) is 4.01. The Hall–Kier alpha value is -2.37. The SMILES string of the molecule is CC(C)(C)NC(=O)N1CCCC(c2nc(-c3ccccc3)no2)C1. The molecule has 0 spiro atoms. The van der Waals surface area contributed by atoms with Gasteiger partial charge < -0.3 is 14.7 Å². The number of likely N-dealkylation sites (tertiary alicyclic amines) is 1. The fourth-order valence-corrected chi connectivity index (χ4v) is 2.87. The highest BCUT2D eigenvalue weighted by Crippen LogP contribution is 2.27. The summed E-state index contributed by atoms with van der Waals surface area (Å²) in [5.41, 5.74) is 0.695. The number of nitrogens with one attached hydrogen (secondary N) is 1. The maximum absolute atomic E-state index is 12.4. The Morgan fingerprint density at radius 2 is 2.04 bits per heavy atom. The molecule has 128 valence electrons. The summed E-state index contributed by atoms with van der Waals surface area (Å²) in [7, 11) is 0. The Balaban J connectivity index is 1.69. The van der Waals surface area contributed by atoms with Crippen molar-refractivity contribution in [2.45, 2.75) is 45.1 Å². The van der Waals surface area contributed by atoms with Gasteiger partial charge in [0.2, 0.25) is 11.7 Å². The molecule has 1 fully saturated rings. The van der Waals surface area contributed by atoms with Gasteiger partial charge in [-0.25, -0.2) is 4.79 Å². The third-order valence-corrected chi connectivity index (χ3v) is 4.01. The highest BCUT2D eigenvalue weighted by atomic mass is 16.5. The van der Waals surface area contributed by atoms with E-state index < -0.39 is 0 Å². The van der Waals surface area contributed by atoms with Crippen molar-refractivity contribution in [3.8, 4) is 11.4 Å². The van der Waals surface area contributed by atoms with Gasteiger partial charge in [0.05, 0.1) is 5.92 Å². The van der Waals surface area contributed by atoms with Gasteiger partial charge in [-0.15, -0.1) is 0 Å². The number of aromatic nitrogens is 2.